The number of carbonyl (C=O) groups excluding carboxylic acids is 1. The average molecular weight is 316 g/mol. The summed E-state index contributed by atoms with van der Waals surface area (Å²) in [7, 11) is 0. The van der Waals surface area contributed by atoms with E-state index in [1.54, 1.807) is 0 Å². The second-order valence-electron chi connectivity index (χ2n) is 6.83. The van der Waals surface area contributed by atoms with Crippen LogP contribution in [0.3, 0.4) is 0 Å². The van der Waals surface area contributed by atoms with Gasteiger partial charge in [-0.05, 0) is 42.4 Å². The van der Waals surface area contributed by atoms with Crippen molar-refractivity contribution in [1.29, 1.82) is 0 Å². The zero-order chi connectivity index (χ0) is 17.1. The highest BCUT2D eigenvalue weighted by molar-refractivity contribution is 6.09. The molecule has 0 amide bonds. The molecule has 0 radical (unpaired) electrons. The number of allylic oxidation sites excluding steroid dienone is 4. The number of benzene rings is 2. The van der Waals surface area contributed by atoms with E-state index in [1.807, 2.05) is 42.5 Å². The summed E-state index contributed by atoms with van der Waals surface area (Å²) in [6.07, 6.45) is 4.55. The van der Waals surface area contributed by atoms with Crippen molar-refractivity contribution in [2.75, 3.05) is 0 Å². The summed E-state index contributed by atoms with van der Waals surface area (Å²) in [6, 6.07) is 17.5. The maximum atomic E-state index is 12.5. The largest absolute Gasteiger partial charge is 0.289 e. The molecule has 0 bridgehead atoms. The van der Waals surface area contributed by atoms with Gasteiger partial charge < -0.3 is 0 Å². The SMILES string of the molecule is CC1=C(C(C)C)C=C(c2ccc(C(=O)c3ccccc3)cc2)CC1. The molecule has 0 heterocycles. The van der Waals surface area contributed by atoms with E-state index in [-0.39, 0.29) is 5.78 Å². The van der Waals surface area contributed by atoms with Crippen molar-refractivity contribution >= 4 is 11.4 Å². The normalized spacial score (nSPS) is 14.8. The zero-order valence-corrected chi connectivity index (χ0v) is 14.7. The molecule has 24 heavy (non-hydrogen) atoms. The number of rotatable bonds is 4. The summed E-state index contributed by atoms with van der Waals surface area (Å²) in [6.45, 7) is 6.74. The van der Waals surface area contributed by atoms with Crippen LogP contribution in [0.25, 0.3) is 5.57 Å². The van der Waals surface area contributed by atoms with Gasteiger partial charge in [-0.15, -0.1) is 0 Å². The lowest BCUT2D eigenvalue weighted by atomic mass is 9.85. The van der Waals surface area contributed by atoms with Crippen molar-refractivity contribution < 1.29 is 4.79 Å². The van der Waals surface area contributed by atoms with Gasteiger partial charge in [0, 0.05) is 11.1 Å². The summed E-state index contributed by atoms with van der Waals surface area (Å²) < 4.78 is 0. The van der Waals surface area contributed by atoms with Crippen LogP contribution < -0.4 is 0 Å². The van der Waals surface area contributed by atoms with E-state index in [0.717, 1.165) is 24.0 Å². The van der Waals surface area contributed by atoms with Crippen molar-refractivity contribution in [3.8, 4) is 0 Å². The van der Waals surface area contributed by atoms with E-state index in [9.17, 15) is 4.79 Å². The molecule has 0 atom stereocenters. The molecule has 2 aromatic rings. The van der Waals surface area contributed by atoms with Crippen molar-refractivity contribution in [3.63, 3.8) is 0 Å². The van der Waals surface area contributed by atoms with Crippen molar-refractivity contribution in [2.45, 2.75) is 33.6 Å². The minimum Gasteiger partial charge on any atom is -0.289 e. The Morgan fingerprint density at radius 1 is 0.875 bits per heavy atom. The molecule has 1 aliphatic carbocycles. The molecule has 1 heteroatoms. The second kappa shape index (κ2) is 7.00. The third-order valence-corrected chi connectivity index (χ3v) is 4.77. The highest BCUT2D eigenvalue weighted by Crippen LogP contribution is 2.33. The summed E-state index contributed by atoms with van der Waals surface area (Å²) >= 11 is 0. The Hall–Kier alpha value is -2.41. The molecule has 0 aromatic heterocycles. The average Bonchev–Trinajstić information content (AvgIpc) is 2.62. The molecule has 0 spiro atoms. The summed E-state index contributed by atoms with van der Waals surface area (Å²) in [5, 5.41) is 0. The van der Waals surface area contributed by atoms with Crippen LogP contribution in [0.15, 0.2) is 71.8 Å². The molecule has 0 unspecified atom stereocenters. The standard InChI is InChI=1S/C23H24O/c1-16(2)22-15-21(10-9-17(22)3)18-11-13-20(14-12-18)23(24)19-7-5-4-6-8-19/h4-8,11-16H,9-10H2,1-3H3. The Bertz CT molecular complexity index is 790. The van der Waals surface area contributed by atoms with Crippen LogP contribution >= 0.6 is 0 Å². The molecule has 2 aromatic carbocycles. The van der Waals surface area contributed by atoms with Crippen LogP contribution in [0.5, 0.6) is 0 Å². The Morgan fingerprint density at radius 2 is 1.50 bits per heavy atom. The molecule has 1 aliphatic rings. The first kappa shape index (κ1) is 16.4. The highest BCUT2D eigenvalue weighted by atomic mass is 16.1. The Kier molecular flexibility index (Phi) is 4.80. The molecule has 1 nitrogen and oxygen atoms in total. The van der Waals surface area contributed by atoms with E-state index in [4.69, 9.17) is 0 Å². The van der Waals surface area contributed by atoms with E-state index in [2.05, 4.69) is 39.0 Å². The fourth-order valence-corrected chi connectivity index (χ4v) is 3.33. The van der Waals surface area contributed by atoms with E-state index < -0.39 is 0 Å². The van der Waals surface area contributed by atoms with E-state index in [0.29, 0.717) is 5.92 Å². The molecule has 0 fully saturated rings. The maximum absolute atomic E-state index is 12.5. The smallest absolute Gasteiger partial charge is 0.193 e. The molecule has 0 N–H and O–H groups in total. The predicted molar refractivity (Wildman–Crippen MR) is 101 cm³/mol. The van der Waals surface area contributed by atoms with Crippen molar-refractivity contribution in [1.82, 2.24) is 0 Å². The van der Waals surface area contributed by atoms with Gasteiger partial charge in [-0.3, -0.25) is 4.79 Å². The lowest BCUT2D eigenvalue weighted by Gasteiger charge is -2.21. The van der Waals surface area contributed by atoms with E-state index >= 15 is 0 Å². The van der Waals surface area contributed by atoms with E-state index in [1.165, 1.54) is 22.3 Å². The lowest BCUT2D eigenvalue weighted by molar-refractivity contribution is 0.103. The second-order valence-corrected chi connectivity index (χ2v) is 6.83. The molecule has 122 valence electrons. The topological polar surface area (TPSA) is 17.1 Å². The summed E-state index contributed by atoms with van der Waals surface area (Å²) in [4.78, 5) is 12.5. The first-order valence-electron chi connectivity index (χ1n) is 8.66. The molecular formula is C23H24O. The van der Waals surface area contributed by atoms with Gasteiger partial charge in [0.1, 0.15) is 0 Å². The van der Waals surface area contributed by atoms with Gasteiger partial charge in [-0.1, -0.05) is 80.1 Å². The fraction of sp³-hybridized carbons (Fsp3) is 0.261. The quantitative estimate of drug-likeness (QED) is 0.626. The summed E-state index contributed by atoms with van der Waals surface area (Å²) in [5.41, 5.74) is 7.05. The van der Waals surface area contributed by atoms with Crippen LogP contribution in [-0.4, -0.2) is 5.78 Å². The number of carbonyl (C=O) groups is 1. The van der Waals surface area contributed by atoms with Crippen molar-refractivity contribution in [3.05, 3.63) is 88.5 Å². The minimum atomic E-state index is 0.0818. The molecular weight excluding hydrogens is 292 g/mol. The third kappa shape index (κ3) is 3.41. The zero-order valence-electron chi connectivity index (χ0n) is 14.7. The Balaban J connectivity index is 1.85. The third-order valence-electron chi connectivity index (χ3n) is 4.77. The molecule has 0 aliphatic heterocycles. The minimum absolute atomic E-state index is 0.0818. The van der Waals surface area contributed by atoms with Crippen LogP contribution in [0.4, 0.5) is 0 Å². The first-order chi connectivity index (χ1) is 11.6. The first-order valence-corrected chi connectivity index (χ1v) is 8.66. The van der Waals surface area contributed by atoms with Crippen LogP contribution in [0.1, 0.15) is 55.1 Å². The van der Waals surface area contributed by atoms with Gasteiger partial charge in [0.25, 0.3) is 0 Å². The van der Waals surface area contributed by atoms with Gasteiger partial charge in [-0.2, -0.15) is 0 Å². The number of hydrogen-bond donors (Lipinski definition) is 0. The van der Waals surface area contributed by atoms with Gasteiger partial charge in [0.05, 0.1) is 0 Å². The van der Waals surface area contributed by atoms with Gasteiger partial charge >= 0.3 is 0 Å². The monoisotopic (exact) mass is 316 g/mol. The highest BCUT2D eigenvalue weighted by Gasteiger charge is 2.15. The maximum Gasteiger partial charge on any atom is 0.193 e. The summed E-state index contributed by atoms with van der Waals surface area (Å²) in [5.74, 6) is 0.637. The predicted octanol–water partition coefficient (Wildman–Crippen LogP) is 6.07. The van der Waals surface area contributed by atoms with Gasteiger partial charge in [-0.25, -0.2) is 0 Å². The van der Waals surface area contributed by atoms with Gasteiger partial charge in [0.15, 0.2) is 5.78 Å². The molecule has 0 saturated heterocycles. The van der Waals surface area contributed by atoms with Crippen LogP contribution in [0, 0.1) is 5.92 Å². The van der Waals surface area contributed by atoms with Gasteiger partial charge in [0.2, 0.25) is 0 Å². The van der Waals surface area contributed by atoms with Crippen molar-refractivity contribution in [2.24, 2.45) is 5.92 Å². The number of hydrogen-bond acceptors (Lipinski definition) is 1. The molecule has 0 saturated carbocycles. The fourth-order valence-electron chi connectivity index (χ4n) is 3.33. The van der Waals surface area contributed by atoms with Crippen LogP contribution in [0.2, 0.25) is 0 Å². The number of ketones is 1. The van der Waals surface area contributed by atoms with Crippen LogP contribution in [-0.2, 0) is 0 Å². The Labute approximate surface area is 144 Å². The lowest BCUT2D eigenvalue weighted by Crippen LogP contribution is -2.03. The molecule has 3 rings (SSSR count). The Morgan fingerprint density at radius 3 is 2.12 bits per heavy atom.